The van der Waals surface area contributed by atoms with E-state index < -0.39 is 18.2 Å². The van der Waals surface area contributed by atoms with E-state index in [1.807, 2.05) is 0 Å². The average molecular weight is 206 g/mol. The molecule has 0 fully saturated rings. The summed E-state index contributed by atoms with van der Waals surface area (Å²) in [7, 11) is 0. The highest BCUT2D eigenvalue weighted by molar-refractivity contribution is 5.07. The van der Waals surface area contributed by atoms with Crippen LogP contribution in [0, 0.1) is 5.92 Å². The van der Waals surface area contributed by atoms with Crippen molar-refractivity contribution in [3.63, 3.8) is 0 Å². The smallest absolute Gasteiger partial charge is 0.398 e. The summed E-state index contributed by atoms with van der Waals surface area (Å²) >= 11 is 0. The van der Waals surface area contributed by atoms with Crippen LogP contribution in [-0.2, 0) is 0 Å². The maximum absolute atomic E-state index is 12.3. The van der Waals surface area contributed by atoms with E-state index in [-0.39, 0.29) is 5.76 Å². The van der Waals surface area contributed by atoms with Crippen LogP contribution in [0.4, 0.5) is 13.2 Å². The molecule has 0 amide bonds. The number of rotatable bonds is 3. The van der Waals surface area contributed by atoms with Crippen LogP contribution in [0.15, 0.2) is 35.5 Å². The van der Waals surface area contributed by atoms with Gasteiger partial charge in [-0.25, -0.2) is 0 Å². The Morgan fingerprint density at radius 2 is 2.14 bits per heavy atom. The summed E-state index contributed by atoms with van der Waals surface area (Å²) in [5.74, 6) is -2.12. The summed E-state index contributed by atoms with van der Waals surface area (Å²) in [4.78, 5) is 0. The number of aliphatic hydroxyl groups excluding tert-OH is 1. The Hall–Kier alpha value is -1.23. The summed E-state index contributed by atoms with van der Waals surface area (Å²) in [6.07, 6.45) is -4.39. The van der Waals surface area contributed by atoms with Crippen LogP contribution in [0.5, 0.6) is 0 Å². The number of alkyl halides is 3. The van der Waals surface area contributed by atoms with Crippen molar-refractivity contribution in [1.82, 2.24) is 0 Å². The van der Waals surface area contributed by atoms with Crippen molar-refractivity contribution in [2.24, 2.45) is 5.92 Å². The molecule has 0 aromatic carbocycles. The maximum atomic E-state index is 12.3. The Bertz CT molecular complexity index is 290. The van der Waals surface area contributed by atoms with Gasteiger partial charge in [0.15, 0.2) is 0 Å². The summed E-state index contributed by atoms with van der Waals surface area (Å²) in [6.45, 7) is 3.04. The highest BCUT2D eigenvalue weighted by Crippen LogP contribution is 2.36. The Kier molecular flexibility index (Phi) is 3.00. The normalized spacial score (nSPS) is 16.3. The zero-order valence-corrected chi connectivity index (χ0v) is 7.16. The SMILES string of the molecule is C=C[C@H]([C@@H](O)c1ccco1)C(F)(F)F. The molecule has 1 rings (SSSR count). The summed E-state index contributed by atoms with van der Waals surface area (Å²) < 4.78 is 41.5. The minimum atomic E-state index is -4.52. The first-order valence-electron chi connectivity index (χ1n) is 3.87. The van der Waals surface area contributed by atoms with E-state index in [1.54, 1.807) is 0 Å². The molecule has 78 valence electrons. The first-order valence-corrected chi connectivity index (χ1v) is 3.87. The lowest BCUT2D eigenvalue weighted by molar-refractivity contribution is -0.187. The lowest BCUT2D eigenvalue weighted by Gasteiger charge is -2.20. The average Bonchev–Trinajstić information content (AvgIpc) is 2.53. The van der Waals surface area contributed by atoms with Crippen molar-refractivity contribution >= 4 is 0 Å². The van der Waals surface area contributed by atoms with Gasteiger partial charge in [-0.2, -0.15) is 13.2 Å². The molecule has 1 N–H and O–H groups in total. The zero-order valence-electron chi connectivity index (χ0n) is 7.16. The van der Waals surface area contributed by atoms with Crippen molar-refractivity contribution in [1.29, 1.82) is 0 Å². The van der Waals surface area contributed by atoms with Gasteiger partial charge in [0.2, 0.25) is 0 Å². The molecule has 2 nitrogen and oxygen atoms in total. The van der Waals surface area contributed by atoms with E-state index in [0.717, 1.165) is 0 Å². The molecule has 0 radical (unpaired) electrons. The third kappa shape index (κ3) is 2.17. The fourth-order valence-corrected chi connectivity index (χ4v) is 1.08. The molecule has 0 aliphatic carbocycles. The second-order valence-corrected chi connectivity index (χ2v) is 2.76. The van der Waals surface area contributed by atoms with Crippen molar-refractivity contribution in [3.8, 4) is 0 Å². The van der Waals surface area contributed by atoms with Gasteiger partial charge in [-0.1, -0.05) is 6.08 Å². The topological polar surface area (TPSA) is 33.4 Å². The van der Waals surface area contributed by atoms with Crippen LogP contribution in [0.1, 0.15) is 11.9 Å². The molecule has 14 heavy (non-hydrogen) atoms. The van der Waals surface area contributed by atoms with Gasteiger partial charge in [-0.3, -0.25) is 0 Å². The van der Waals surface area contributed by atoms with Crippen molar-refractivity contribution < 1.29 is 22.7 Å². The molecule has 0 aliphatic heterocycles. The maximum Gasteiger partial charge on any atom is 0.398 e. The second kappa shape index (κ2) is 3.88. The molecule has 1 aromatic heterocycles. The van der Waals surface area contributed by atoms with Crippen LogP contribution in [0.3, 0.4) is 0 Å². The fraction of sp³-hybridized carbons (Fsp3) is 0.333. The lowest BCUT2D eigenvalue weighted by Crippen LogP contribution is -2.26. The fourth-order valence-electron chi connectivity index (χ4n) is 1.08. The lowest BCUT2D eigenvalue weighted by atomic mass is 10.0. The number of hydrogen-bond donors (Lipinski definition) is 1. The van der Waals surface area contributed by atoms with Crippen LogP contribution in [0.2, 0.25) is 0 Å². The third-order valence-corrected chi connectivity index (χ3v) is 1.81. The molecule has 0 saturated heterocycles. The van der Waals surface area contributed by atoms with Crippen LogP contribution >= 0.6 is 0 Å². The number of aliphatic hydroxyl groups is 1. The van der Waals surface area contributed by atoms with Gasteiger partial charge < -0.3 is 9.52 Å². The molecule has 0 aliphatic rings. The molecule has 0 bridgehead atoms. The van der Waals surface area contributed by atoms with Gasteiger partial charge in [-0.05, 0) is 12.1 Å². The van der Waals surface area contributed by atoms with Gasteiger partial charge in [0.05, 0.1) is 6.26 Å². The molecule has 0 spiro atoms. The summed E-state index contributed by atoms with van der Waals surface area (Å²) in [6, 6.07) is 2.70. The Balaban J connectivity index is 2.86. The highest BCUT2D eigenvalue weighted by Gasteiger charge is 2.43. The van der Waals surface area contributed by atoms with Gasteiger partial charge in [0.1, 0.15) is 17.8 Å². The number of furan rings is 1. The standard InChI is InChI=1S/C9H9F3O2/c1-2-6(9(10,11)12)8(13)7-4-3-5-14-7/h2-6,8,13H,1H2/t6-,8-/m1/s1. The van der Waals surface area contributed by atoms with Gasteiger partial charge >= 0.3 is 6.18 Å². The Morgan fingerprint density at radius 1 is 1.50 bits per heavy atom. The second-order valence-electron chi connectivity index (χ2n) is 2.76. The molecule has 2 atom stereocenters. The van der Waals surface area contributed by atoms with Crippen molar-refractivity contribution in [2.45, 2.75) is 12.3 Å². The minimum Gasteiger partial charge on any atom is -0.467 e. The third-order valence-electron chi connectivity index (χ3n) is 1.81. The zero-order chi connectivity index (χ0) is 10.8. The minimum absolute atomic E-state index is 0.118. The van der Waals surface area contributed by atoms with E-state index in [1.165, 1.54) is 18.4 Å². The van der Waals surface area contributed by atoms with E-state index in [9.17, 15) is 18.3 Å². The molecule has 5 heteroatoms. The summed E-state index contributed by atoms with van der Waals surface area (Å²) in [5, 5.41) is 9.32. The molecular weight excluding hydrogens is 197 g/mol. The number of halogens is 3. The summed E-state index contributed by atoms with van der Waals surface area (Å²) in [5.41, 5.74) is 0. The predicted octanol–water partition coefficient (Wildman–Crippen LogP) is 2.68. The Morgan fingerprint density at radius 3 is 2.50 bits per heavy atom. The van der Waals surface area contributed by atoms with E-state index in [2.05, 4.69) is 11.0 Å². The molecule has 0 unspecified atom stereocenters. The van der Waals surface area contributed by atoms with E-state index in [0.29, 0.717) is 6.08 Å². The van der Waals surface area contributed by atoms with E-state index >= 15 is 0 Å². The largest absolute Gasteiger partial charge is 0.467 e. The van der Waals surface area contributed by atoms with Crippen molar-refractivity contribution in [3.05, 3.63) is 36.8 Å². The van der Waals surface area contributed by atoms with Crippen LogP contribution in [0.25, 0.3) is 0 Å². The van der Waals surface area contributed by atoms with Gasteiger partial charge in [0.25, 0.3) is 0 Å². The molecule has 0 saturated carbocycles. The van der Waals surface area contributed by atoms with Crippen LogP contribution < -0.4 is 0 Å². The molecular formula is C9H9F3O2. The number of hydrogen-bond acceptors (Lipinski definition) is 2. The first kappa shape index (κ1) is 10.8. The Labute approximate surface area is 78.7 Å². The highest BCUT2D eigenvalue weighted by atomic mass is 19.4. The monoisotopic (exact) mass is 206 g/mol. The molecule has 1 aromatic rings. The quantitative estimate of drug-likeness (QED) is 0.771. The van der Waals surface area contributed by atoms with Gasteiger partial charge in [-0.15, -0.1) is 6.58 Å². The predicted molar refractivity (Wildman–Crippen MR) is 43.4 cm³/mol. The first-order chi connectivity index (χ1) is 6.46. The van der Waals surface area contributed by atoms with Gasteiger partial charge in [0, 0.05) is 0 Å². The van der Waals surface area contributed by atoms with Crippen molar-refractivity contribution in [2.75, 3.05) is 0 Å². The van der Waals surface area contributed by atoms with Crippen LogP contribution in [-0.4, -0.2) is 11.3 Å². The van der Waals surface area contributed by atoms with E-state index in [4.69, 9.17) is 0 Å². The molecule has 1 heterocycles.